The average molecular weight is 312 g/mol. The van der Waals surface area contributed by atoms with Crippen LogP contribution in [0.3, 0.4) is 0 Å². The lowest BCUT2D eigenvalue weighted by Gasteiger charge is -2.15. The summed E-state index contributed by atoms with van der Waals surface area (Å²) >= 11 is 0. The van der Waals surface area contributed by atoms with Gasteiger partial charge in [-0.1, -0.05) is 18.6 Å². The van der Waals surface area contributed by atoms with Crippen LogP contribution in [0.2, 0.25) is 0 Å². The molecule has 23 heavy (non-hydrogen) atoms. The molecule has 0 bridgehead atoms. The van der Waals surface area contributed by atoms with E-state index in [1.807, 2.05) is 0 Å². The van der Waals surface area contributed by atoms with Crippen molar-refractivity contribution in [3.63, 3.8) is 0 Å². The summed E-state index contributed by atoms with van der Waals surface area (Å²) < 4.78 is 7.89. The predicted octanol–water partition coefficient (Wildman–Crippen LogP) is 2.79. The third-order valence-corrected chi connectivity index (χ3v) is 4.89. The number of nitrogens with zero attached hydrogens (tertiary/aromatic N) is 3. The Morgan fingerprint density at radius 2 is 2.17 bits per heavy atom. The van der Waals surface area contributed by atoms with Gasteiger partial charge in [-0.05, 0) is 37.0 Å². The number of benzene rings is 1. The number of nitrogens with one attached hydrogen (secondary N) is 1. The largest absolute Gasteiger partial charge is 0.493 e. The van der Waals surface area contributed by atoms with Gasteiger partial charge >= 0.3 is 0 Å². The number of aryl methyl sites for hydroxylation is 1. The molecule has 3 heterocycles. The van der Waals surface area contributed by atoms with Crippen molar-refractivity contribution >= 4 is 0 Å². The van der Waals surface area contributed by atoms with E-state index in [1.165, 1.54) is 30.4 Å². The third kappa shape index (κ3) is 2.98. The van der Waals surface area contributed by atoms with Crippen LogP contribution in [-0.4, -0.2) is 21.4 Å². The average Bonchev–Trinajstić information content (AvgIpc) is 3.13. The SMILES string of the molecule is C[C@H](NCc1ccc2c(c1)CCO2)c1nnc2n1CCCCC2. The van der Waals surface area contributed by atoms with E-state index in [-0.39, 0.29) is 6.04 Å². The van der Waals surface area contributed by atoms with Crippen molar-refractivity contribution in [1.82, 2.24) is 20.1 Å². The number of fused-ring (bicyclic) bond motifs is 2. The molecule has 2 aliphatic rings. The molecule has 0 spiro atoms. The minimum Gasteiger partial charge on any atom is -0.493 e. The highest BCUT2D eigenvalue weighted by atomic mass is 16.5. The minimum atomic E-state index is 0.207. The molecule has 1 N–H and O–H groups in total. The molecule has 0 radical (unpaired) electrons. The van der Waals surface area contributed by atoms with E-state index < -0.39 is 0 Å². The Balaban J connectivity index is 1.44. The molecular formula is C18H24N4O. The first-order valence-electron chi connectivity index (χ1n) is 8.71. The smallest absolute Gasteiger partial charge is 0.149 e. The monoisotopic (exact) mass is 312 g/mol. The van der Waals surface area contributed by atoms with Crippen molar-refractivity contribution in [2.45, 2.75) is 58.2 Å². The zero-order chi connectivity index (χ0) is 15.6. The molecule has 4 rings (SSSR count). The maximum Gasteiger partial charge on any atom is 0.149 e. The Bertz CT molecular complexity index is 694. The van der Waals surface area contributed by atoms with Crippen LogP contribution in [-0.2, 0) is 25.9 Å². The number of hydrogen-bond donors (Lipinski definition) is 1. The lowest BCUT2D eigenvalue weighted by molar-refractivity contribution is 0.357. The molecule has 0 amide bonds. The van der Waals surface area contributed by atoms with Crippen molar-refractivity contribution in [2.75, 3.05) is 6.61 Å². The zero-order valence-electron chi connectivity index (χ0n) is 13.7. The second kappa shape index (κ2) is 6.32. The van der Waals surface area contributed by atoms with Gasteiger partial charge in [0.25, 0.3) is 0 Å². The van der Waals surface area contributed by atoms with Gasteiger partial charge in [0.05, 0.1) is 12.6 Å². The first kappa shape index (κ1) is 14.7. The topological polar surface area (TPSA) is 52.0 Å². The number of hydrogen-bond acceptors (Lipinski definition) is 4. The number of rotatable bonds is 4. The van der Waals surface area contributed by atoms with E-state index in [0.717, 1.165) is 49.9 Å². The van der Waals surface area contributed by atoms with Crippen molar-refractivity contribution in [1.29, 1.82) is 0 Å². The van der Waals surface area contributed by atoms with Gasteiger partial charge < -0.3 is 14.6 Å². The van der Waals surface area contributed by atoms with Crippen LogP contribution < -0.4 is 10.1 Å². The predicted molar refractivity (Wildman–Crippen MR) is 88.5 cm³/mol. The summed E-state index contributed by atoms with van der Waals surface area (Å²) in [7, 11) is 0. The van der Waals surface area contributed by atoms with Gasteiger partial charge in [0.1, 0.15) is 17.4 Å². The van der Waals surface area contributed by atoms with Crippen LogP contribution in [0, 0.1) is 0 Å². The minimum absolute atomic E-state index is 0.207. The molecule has 0 saturated heterocycles. The first-order valence-corrected chi connectivity index (χ1v) is 8.71. The first-order chi connectivity index (χ1) is 11.3. The zero-order valence-corrected chi connectivity index (χ0v) is 13.7. The second-order valence-electron chi connectivity index (χ2n) is 6.58. The summed E-state index contributed by atoms with van der Waals surface area (Å²) in [5.41, 5.74) is 2.63. The summed E-state index contributed by atoms with van der Waals surface area (Å²) in [4.78, 5) is 0. The van der Waals surface area contributed by atoms with E-state index in [1.54, 1.807) is 0 Å². The summed E-state index contributed by atoms with van der Waals surface area (Å²) in [6, 6.07) is 6.70. The quantitative estimate of drug-likeness (QED) is 0.943. The number of aromatic nitrogens is 3. The van der Waals surface area contributed by atoms with Gasteiger partial charge in [0, 0.05) is 25.9 Å². The van der Waals surface area contributed by atoms with Crippen molar-refractivity contribution < 1.29 is 4.74 Å². The van der Waals surface area contributed by atoms with Crippen LogP contribution in [0.1, 0.15) is 55.0 Å². The van der Waals surface area contributed by atoms with Gasteiger partial charge in [-0.25, -0.2) is 0 Å². The van der Waals surface area contributed by atoms with E-state index in [9.17, 15) is 0 Å². The van der Waals surface area contributed by atoms with Crippen molar-refractivity contribution in [3.05, 3.63) is 41.0 Å². The molecule has 0 unspecified atom stereocenters. The van der Waals surface area contributed by atoms with Crippen molar-refractivity contribution in [2.24, 2.45) is 0 Å². The lowest BCUT2D eigenvalue weighted by Crippen LogP contribution is -2.22. The molecule has 5 heteroatoms. The van der Waals surface area contributed by atoms with Crippen LogP contribution >= 0.6 is 0 Å². The molecule has 0 aliphatic carbocycles. The third-order valence-electron chi connectivity index (χ3n) is 4.89. The summed E-state index contributed by atoms with van der Waals surface area (Å²) in [6.45, 7) is 4.89. The standard InChI is InChI=1S/C18H24N4O/c1-13(18-21-20-17-5-3-2-4-9-22(17)18)19-12-14-6-7-16-15(11-14)8-10-23-16/h6-7,11,13,19H,2-5,8-10,12H2,1H3/t13-/m0/s1. The van der Waals surface area contributed by atoms with Crippen molar-refractivity contribution in [3.8, 4) is 5.75 Å². The van der Waals surface area contributed by atoms with Crippen LogP contribution in [0.4, 0.5) is 0 Å². The molecule has 0 fully saturated rings. The molecule has 2 aromatic rings. The fourth-order valence-corrected chi connectivity index (χ4v) is 3.54. The highest BCUT2D eigenvalue weighted by Gasteiger charge is 2.19. The Hall–Kier alpha value is -1.88. The van der Waals surface area contributed by atoms with Gasteiger partial charge in [-0.3, -0.25) is 0 Å². The van der Waals surface area contributed by atoms with Gasteiger partial charge in [-0.15, -0.1) is 10.2 Å². The molecule has 122 valence electrons. The molecule has 1 aromatic carbocycles. The van der Waals surface area contributed by atoms with E-state index >= 15 is 0 Å². The molecule has 2 aliphatic heterocycles. The Morgan fingerprint density at radius 3 is 3.13 bits per heavy atom. The van der Waals surface area contributed by atoms with E-state index in [2.05, 4.69) is 45.2 Å². The molecular weight excluding hydrogens is 288 g/mol. The summed E-state index contributed by atoms with van der Waals surface area (Å²) in [5.74, 6) is 3.27. The lowest BCUT2D eigenvalue weighted by atomic mass is 10.1. The Labute approximate surface area is 137 Å². The molecule has 5 nitrogen and oxygen atoms in total. The van der Waals surface area contributed by atoms with Crippen LogP contribution in [0.15, 0.2) is 18.2 Å². The van der Waals surface area contributed by atoms with E-state index in [4.69, 9.17) is 4.74 Å². The van der Waals surface area contributed by atoms with Crippen LogP contribution in [0.5, 0.6) is 5.75 Å². The summed E-state index contributed by atoms with van der Waals surface area (Å²) in [5, 5.41) is 12.4. The highest BCUT2D eigenvalue weighted by molar-refractivity contribution is 5.39. The summed E-state index contributed by atoms with van der Waals surface area (Å²) in [6.07, 6.45) is 5.84. The number of ether oxygens (including phenoxy) is 1. The molecule has 0 saturated carbocycles. The van der Waals surface area contributed by atoms with Gasteiger partial charge in [0.2, 0.25) is 0 Å². The molecule has 1 atom stereocenters. The van der Waals surface area contributed by atoms with Gasteiger partial charge in [-0.2, -0.15) is 0 Å². The fraction of sp³-hybridized carbons (Fsp3) is 0.556. The Kier molecular flexibility index (Phi) is 4.04. The maximum atomic E-state index is 5.57. The second-order valence-corrected chi connectivity index (χ2v) is 6.58. The normalized spacial score (nSPS) is 18.0. The Morgan fingerprint density at radius 1 is 1.22 bits per heavy atom. The van der Waals surface area contributed by atoms with Crippen LogP contribution in [0.25, 0.3) is 0 Å². The highest BCUT2D eigenvalue weighted by Crippen LogP contribution is 2.26. The molecule has 1 aromatic heterocycles. The fourth-order valence-electron chi connectivity index (χ4n) is 3.54. The van der Waals surface area contributed by atoms with Gasteiger partial charge in [0.15, 0.2) is 0 Å². The van der Waals surface area contributed by atoms with E-state index in [0.29, 0.717) is 0 Å². The maximum absolute atomic E-state index is 5.57.